The normalized spacial score (nSPS) is 20.6. The standard InChI is InChI=1S/C27H23ClN2O2S2/c28-20-10-14-24(15-11-20)33-23-12-8-19(9-13-23)17-25-26(31)30(18-22-7-4-16-32-22)27(34-25)29-21-5-2-1-3-6-21/h1-3,5-6,8-15,17,22H,4,7,16,18H2/b25-17-,29-27?/t22-/m0/s1. The second-order valence-corrected chi connectivity index (χ2v) is 10.6. The predicted molar refractivity (Wildman–Crippen MR) is 142 cm³/mol. The second-order valence-electron chi connectivity index (χ2n) is 8.02. The van der Waals surface area contributed by atoms with Crippen molar-refractivity contribution in [1.82, 2.24) is 4.90 Å². The molecular weight excluding hydrogens is 484 g/mol. The molecule has 0 unspecified atom stereocenters. The highest BCUT2D eigenvalue weighted by Crippen LogP contribution is 2.35. The highest BCUT2D eigenvalue weighted by molar-refractivity contribution is 8.18. The first-order valence-electron chi connectivity index (χ1n) is 11.1. The minimum atomic E-state index is -0.0187. The first kappa shape index (κ1) is 23.2. The Labute approximate surface area is 213 Å². The molecule has 172 valence electrons. The number of para-hydroxylation sites is 1. The molecule has 5 rings (SSSR count). The van der Waals surface area contributed by atoms with Gasteiger partial charge in [0.1, 0.15) is 0 Å². The third kappa shape index (κ3) is 5.76. The number of aliphatic imine (C=N–C) groups is 1. The minimum Gasteiger partial charge on any atom is -0.376 e. The van der Waals surface area contributed by atoms with Gasteiger partial charge in [-0.25, -0.2) is 4.99 Å². The van der Waals surface area contributed by atoms with E-state index in [0.717, 1.165) is 45.5 Å². The molecule has 1 atom stereocenters. The van der Waals surface area contributed by atoms with Gasteiger partial charge < -0.3 is 4.74 Å². The van der Waals surface area contributed by atoms with Crippen LogP contribution in [0.3, 0.4) is 0 Å². The van der Waals surface area contributed by atoms with E-state index in [1.54, 1.807) is 16.7 Å². The Kier molecular flexibility index (Phi) is 7.40. The van der Waals surface area contributed by atoms with Crippen LogP contribution in [-0.2, 0) is 9.53 Å². The van der Waals surface area contributed by atoms with Crippen molar-refractivity contribution in [3.05, 3.63) is 94.4 Å². The number of hydrogen-bond acceptors (Lipinski definition) is 5. The molecule has 0 aliphatic carbocycles. The zero-order chi connectivity index (χ0) is 23.3. The average Bonchev–Trinajstić information content (AvgIpc) is 3.47. The maximum atomic E-state index is 13.3. The summed E-state index contributed by atoms with van der Waals surface area (Å²) < 4.78 is 5.80. The van der Waals surface area contributed by atoms with Crippen LogP contribution in [0.1, 0.15) is 18.4 Å². The Morgan fingerprint density at radius 1 is 1.03 bits per heavy atom. The maximum absolute atomic E-state index is 13.3. The van der Waals surface area contributed by atoms with E-state index < -0.39 is 0 Å². The van der Waals surface area contributed by atoms with Crippen molar-refractivity contribution >= 4 is 58.0 Å². The Balaban J connectivity index is 1.35. The monoisotopic (exact) mass is 506 g/mol. The molecule has 7 heteroatoms. The largest absolute Gasteiger partial charge is 0.376 e. The van der Waals surface area contributed by atoms with Crippen LogP contribution in [0.4, 0.5) is 5.69 Å². The van der Waals surface area contributed by atoms with Crippen LogP contribution in [-0.4, -0.2) is 35.2 Å². The van der Waals surface area contributed by atoms with Crippen LogP contribution < -0.4 is 0 Å². The quantitative estimate of drug-likeness (QED) is 0.329. The lowest BCUT2D eigenvalue weighted by atomic mass is 10.2. The number of nitrogens with zero attached hydrogens (tertiary/aromatic N) is 2. The van der Waals surface area contributed by atoms with Gasteiger partial charge in [0.05, 0.1) is 23.2 Å². The highest BCUT2D eigenvalue weighted by atomic mass is 35.5. The van der Waals surface area contributed by atoms with E-state index in [9.17, 15) is 4.79 Å². The summed E-state index contributed by atoms with van der Waals surface area (Å²) in [6, 6.07) is 25.8. The van der Waals surface area contributed by atoms with Gasteiger partial charge >= 0.3 is 0 Å². The van der Waals surface area contributed by atoms with E-state index in [1.165, 1.54) is 11.8 Å². The molecule has 2 heterocycles. The zero-order valence-corrected chi connectivity index (χ0v) is 20.8. The number of thioether (sulfide) groups is 1. The number of halogens is 1. The number of amides is 1. The molecule has 0 radical (unpaired) electrons. The highest BCUT2D eigenvalue weighted by Gasteiger charge is 2.35. The average molecular weight is 507 g/mol. The molecule has 0 aromatic heterocycles. The van der Waals surface area contributed by atoms with Crippen LogP contribution in [0.15, 0.2) is 98.6 Å². The summed E-state index contributed by atoms with van der Waals surface area (Å²) in [6.45, 7) is 1.29. The van der Waals surface area contributed by atoms with E-state index in [0.29, 0.717) is 16.6 Å². The van der Waals surface area contributed by atoms with Crippen LogP contribution >= 0.6 is 35.1 Å². The van der Waals surface area contributed by atoms with Gasteiger partial charge in [-0.1, -0.05) is 53.7 Å². The van der Waals surface area contributed by atoms with Gasteiger partial charge in [0.25, 0.3) is 5.91 Å². The zero-order valence-electron chi connectivity index (χ0n) is 18.4. The van der Waals surface area contributed by atoms with E-state index in [-0.39, 0.29) is 12.0 Å². The fourth-order valence-electron chi connectivity index (χ4n) is 3.78. The van der Waals surface area contributed by atoms with Crippen molar-refractivity contribution in [2.45, 2.75) is 28.7 Å². The van der Waals surface area contributed by atoms with Crippen molar-refractivity contribution in [3.8, 4) is 0 Å². The van der Waals surface area contributed by atoms with Crippen molar-refractivity contribution < 1.29 is 9.53 Å². The SMILES string of the molecule is O=C1/C(=C/c2ccc(Sc3ccc(Cl)cc3)cc2)SC(=Nc2ccccc2)N1C[C@@H]1CCCO1. The number of ether oxygens (including phenoxy) is 1. The number of rotatable bonds is 6. The summed E-state index contributed by atoms with van der Waals surface area (Å²) >= 11 is 9.07. The van der Waals surface area contributed by atoms with Crippen molar-refractivity contribution in [2.24, 2.45) is 4.99 Å². The lowest BCUT2D eigenvalue weighted by Crippen LogP contribution is -2.36. The van der Waals surface area contributed by atoms with Gasteiger partial charge in [-0.15, -0.1) is 0 Å². The fraction of sp³-hybridized carbons (Fsp3) is 0.185. The summed E-state index contributed by atoms with van der Waals surface area (Å²) in [5.74, 6) is -0.0187. The van der Waals surface area contributed by atoms with Gasteiger partial charge in [-0.2, -0.15) is 0 Å². The van der Waals surface area contributed by atoms with Crippen LogP contribution in [0.2, 0.25) is 5.02 Å². The minimum absolute atomic E-state index is 0.0187. The van der Waals surface area contributed by atoms with E-state index >= 15 is 0 Å². The number of amidine groups is 1. The van der Waals surface area contributed by atoms with Crippen LogP contribution in [0, 0.1) is 0 Å². The lowest BCUT2D eigenvalue weighted by Gasteiger charge is -2.19. The molecular formula is C27H23ClN2O2S2. The topological polar surface area (TPSA) is 41.9 Å². The summed E-state index contributed by atoms with van der Waals surface area (Å²) in [5, 5.41) is 1.43. The fourth-order valence-corrected chi connectivity index (χ4v) is 5.73. The third-order valence-electron chi connectivity index (χ3n) is 5.51. The second kappa shape index (κ2) is 10.8. The lowest BCUT2D eigenvalue weighted by molar-refractivity contribution is -0.123. The number of benzene rings is 3. The Morgan fingerprint density at radius 3 is 2.41 bits per heavy atom. The predicted octanol–water partition coefficient (Wildman–Crippen LogP) is 7.27. The smallest absolute Gasteiger partial charge is 0.266 e. The van der Waals surface area contributed by atoms with Gasteiger partial charge in [-0.3, -0.25) is 9.69 Å². The molecule has 1 amide bonds. The summed E-state index contributed by atoms with van der Waals surface area (Å²) in [4.78, 5) is 22.8. The van der Waals surface area contributed by atoms with Gasteiger partial charge in [0, 0.05) is 21.4 Å². The Bertz CT molecular complexity index is 1210. The molecule has 0 spiro atoms. The molecule has 2 aliphatic rings. The molecule has 0 N–H and O–H groups in total. The Hall–Kier alpha value is -2.51. The first-order valence-corrected chi connectivity index (χ1v) is 13.2. The van der Waals surface area contributed by atoms with Crippen LogP contribution in [0.5, 0.6) is 0 Å². The van der Waals surface area contributed by atoms with Crippen molar-refractivity contribution in [1.29, 1.82) is 0 Å². The molecule has 3 aromatic carbocycles. The van der Waals surface area contributed by atoms with E-state index in [4.69, 9.17) is 21.3 Å². The number of hydrogen-bond donors (Lipinski definition) is 0. The van der Waals surface area contributed by atoms with E-state index in [2.05, 4.69) is 12.1 Å². The maximum Gasteiger partial charge on any atom is 0.266 e. The van der Waals surface area contributed by atoms with Gasteiger partial charge in [0.15, 0.2) is 5.17 Å². The molecule has 2 aliphatic heterocycles. The molecule has 4 nitrogen and oxygen atoms in total. The van der Waals surface area contributed by atoms with E-state index in [1.807, 2.05) is 72.8 Å². The first-order chi connectivity index (χ1) is 16.6. The molecule has 2 saturated heterocycles. The molecule has 3 aromatic rings. The van der Waals surface area contributed by atoms with Crippen molar-refractivity contribution in [3.63, 3.8) is 0 Å². The third-order valence-corrected chi connectivity index (χ3v) is 7.78. The van der Waals surface area contributed by atoms with Crippen molar-refractivity contribution in [2.75, 3.05) is 13.2 Å². The summed E-state index contributed by atoms with van der Waals surface area (Å²) in [5.41, 5.74) is 1.81. The number of carbonyl (C=O) groups is 1. The summed E-state index contributed by atoms with van der Waals surface area (Å²) in [7, 11) is 0. The number of carbonyl (C=O) groups excluding carboxylic acids is 1. The van der Waals surface area contributed by atoms with Gasteiger partial charge in [-0.05, 0) is 84.8 Å². The molecule has 2 fully saturated rings. The molecule has 0 saturated carbocycles. The molecule has 0 bridgehead atoms. The van der Waals surface area contributed by atoms with Gasteiger partial charge in [0.2, 0.25) is 0 Å². The molecule has 34 heavy (non-hydrogen) atoms. The van der Waals surface area contributed by atoms with Crippen LogP contribution in [0.25, 0.3) is 6.08 Å². The summed E-state index contributed by atoms with van der Waals surface area (Å²) in [6.07, 6.45) is 4.02. The Morgan fingerprint density at radius 2 is 1.74 bits per heavy atom.